The van der Waals surface area contributed by atoms with Gasteiger partial charge in [-0.2, -0.15) is 13.2 Å². The van der Waals surface area contributed by atoms with Crippen LogP contribution in [-0.2, 0) is 20.7 Å². The minimum absolute atomic E-state index is 0.0182. The number of carbonyl (C=O) groups excluding carboxylic acids is 2. The van der Waals surface area contributed by atoms with E-state index in [4.69, 9.17) is 11.6 Å². The zero-order valence-corrected chi connectivity index (χ0v) is 11.7. The largest absolute Gasteiger partial charge is 0.490 e. The summed E-state index contributed by atoms with van der Waals surface area (Å²) in [5.74, 6) is -2.93. The summed E-state index contributed by atoms with van der Waals surface area (Å²) >= 11 is 6.67. The molecule has 0 unspecified atom stereocenters. The van der Waals surface area contributed by atoms with Crippen LogP contribution < -0.4 is 0 Å². The summed E-state index contributed by atoms with van der Waals surface area (Å²) in [6.07, 6.45) is -4.71. The van der Waals surface area contributed by atoms with Crippen molar-refractivity contribution >= 4 is 34.9 Å². The predicted octanol–water partition coefficient (Wildman–Crippen LogP) is 2.62. The number of hydrogen-bond donors (Lipinski definition) is 0. The maximum atomic E-state index is 11.9. The standard InChI is InChI=1S/C10H9ClF3NO4S/c1-18-7(16)6-5(20-9(11)15-6)3-2-4-19-8(17)10(12,13)14/h2-4H2,1H3. The molecular formula is C10H9ClF3NO4S. The monoisotopic (exact) mass is 331 g/mol. The van der Waals surface area contributed by atoms with Gasteiger partial charge in [-0.3, -0.25) is 0 Å². The van der Waals surface area contributed by atoms with Crippen molar-refractivity contribution in [2.24, 2.45) is 0 Å². The summed E-state index contributed by atoms with van der Waals surface area (Å²) in [5, 5.41) is 0. The molecule has 1 aromatic heterocycles. The lowest BCUT2D eigenvalue weighted by molar-refractivity contribution is -0.199. The highest BCUT2D eigenvalue weighted by atomic mass is 35.5. The van der Waals surface area contributed by atoms with Crippen LogP contribution in [0.3, 0.4) is 0 Å². The van der Waals surface area contributed by atoms with Crippen LogP contribution in [0, 0.1) is 0 Å². The third-order valence-electron chi connectivity index (χ3n) is 2.06. The Hall–Kier alpha value is -1.35. The molecule has 112 valence electrons. The Morgan fingerprint density at radius 1 is 1.40 bits per heavy atom. The van der Waals surface area contributed by atoms with E-state index in [-0.39, 0.29) is 23.0 Å². The van der Waals surface area contributed by atoms with Gasteiger partial charge in [0.1, 0.15) is 0 Å². The number of halogens is 4. The van der Waals surface area contributed by atoms with E-state index >= 15 is 0 Å². The SMILES string of the molecule is COC(=O)c1nc(Cl)sc1CCCOC(=O)C(F)(F)F. The number of ether oxygens (including phenoxy) is 2. The summed E-state index contributed by atoms with van der Waals surface area (Å²) in [7, 11) is 1.17. The molecule has 20 heavy (non-hydrogen) atoms. The van der Waals surface area contributed by atoms with Gasteiger partial charge in [0.2, 0.25) is 0 Å². The fraction of sp³-hybridized carbons (Fsp3) is 0.500. The molecule has 0 bridgehead atoms. The van der Waals surface area contributed by atoms with Gasteiger partial charge >= 0.3 is 18.1 Å². The van der Waals surface area contributed by atoms with E-state index in [0.717, 1.165) is 11.3 Å². The van der Waals surface area contributed by atoms with E-state index in [0.29, 0.717) is 4.88 Å². The fourth-order valence-corrected chi connectivity index (χ4v) is 2.40. The maximum Gasteiger partial charge on any atom is 0.490 e. The molecule has 0 radical (unpaired) electrons. The van der Waals surface area contributed by atoms with Crippen LogP contribution in [0.1, 0.15) is 21.8 Å². The van der Waals surface area contributed by atoms with Crippen LogP contribution in [0.2, 0.25) is 4.47 Å². The molecule has 0 atom stereocenters. The first-order valence-electron chi connectivity index (χ1n) is 5.23. The van der Waals surface area contributed by atoms with E-state index in [2.05, 4.69) is 14.5 Å². The highest BCUT2D eigenvalue weighted by molar-refractivity contribution is 7.16. The maximum absolute atomic E-state index is 11.9. The first-order chi connectivity index (χ1) is 9.25. The molecule has 1 heterocycles. The Morgan fingerprint density at radius 3 is 2.60 bits per heavy atom. The van der Waals surface area contributed by atoms with Crippen LogP contribution in [0.5, 0.6) is 0 Å². The van der Waals surface area contributed by atoms with Crippen molar-refractivity contribution in [1.82, 2.24) is 4.98 Å². The number of methoxy groups -OCH3 is 1. The first kappa shape index (κ1) is 16.7. The average Bonchev–Trinajstić information content (AvgIpc) is 2.73. The first-order valence-corrected chi connectivity index (χ1v) is 6.42. The Labute approximate surface area is 120 Å². The summed E-state index contributed by atoms with van der Waals surface area (Å²) < 4.78 is 44.2. The second-order valence-corrected chi connectivity index (χ2v) is 5.13. The number of thiazole rings is 1. The number of nitrogens with zero attached hydrogens (tertiary/aromatic N) is 1. The highest BCUT2D eigenvalue weighted by Crippen LogP contribution is 2.25. The highest BCUT2D eigenvalue weighted by Gasteiger charge is 2.40. The molecule has 1 rings (SSSR count). The van der Waals surface area contributed by atoms with Crippen LogP contribution in [0.25, 0.3) is 0 Å². The summed E-state index contributed by atoms with van der Waals surface area (Å²) in [4.78, 5) is 26.0. The van der Waals surface area contributed by atoms with Crippen molar-refractivity contribution in [2.75, 3.05) is 13.7 Å². The zero-order valence-electron chi connectivity index (χ0n) is 10.1. The quantitative estimate of drug-likeness (QED) is 0.613. The summed E-state index contributed by atoms with van der Waals surface area (Å²) in [6.45, 7) is -0.422. The molecule has 10 heteroatoms. The molecule has 1 aromatic rings. The number of esters is 2. The minimum atomic E-state index is -5.01. The Bertz CT molecular complexity index is 503. The molecule has 0 aliphatic carbocycles. The van der Waals surface area contributed by atoms with Crippen LogP contribution in [0.4, 0.5) is 13.2 Å². The van der Waals surface area contributed by atoms with E-state index in [1.807, 2.05) is 0 Å². The predicted molar refractivity (Wildman–Crippen MR) is 63.8 cm³/mol. The molecule has 0 spiro atoms. The fourth-order valence-electron chi connectivity index (χ4n) is 1.23. The van der Waals surface area contributed by atoms with E-state index in [9.17, 15) is 22.8 Å². The number of aromatic nitrogens is 1. The second kappa shape index (κ2) is 6.89. The van der Waals surface area contributed by atoms with Gasteiger partial charge in [0, 0.05) is 4.88 Å². The Morgan fingerprint density at radius 2 is 2.05 bits per heavy atom. The van der Waals surface area contributed by atoms with Crippen molar-refractivity contribution in [3.63, 3.8) is 0 Å². The van der Waals surface area contributed by atoms with Crippen molar-refractivity contribution in [3.05, 3.63) is 15.0 Å². The van der Waals surface area contributed by atoms with Gasteiger partial charge in [0.05, 0.1) is 13.7 Å². The summed E-state index contributed by atoms with van der Waals surface area (Å²) in [6, 6.07) is 0. The van der Waals surface area contributed by atoms with Gasteiger partial charge in [-0.25, -0.2) is 14.6 Å². The molecule has 0 N–H and O–H groups in total. The van der Waals surface area contributed by atoms with Gasteiger partial charge in [0.15, 0.2) is 10.2 Å². The van der Waals surface area contributed by atoms with Crippen molar-refractivity contribution in [3.8, 4) is 0 Å². The van der Waals surface area contributed by atoms with Gasteiger partial charge in [0.25, 0.3) is 0 Å². The number of rotatable bonds is 5. The molecule has 0 fully saturated rings. The van der Waals surface area contributed by atoms with E-state index in [1.54, 1.807) is 0 Å². The lowest BCUT2D eigenvalue weighted by Gasteiger charge is -2.06. The lowest BCUT2D eigenvalue weighted by atomic mass is 10.2. The molecule has 0 amide bonds. The van der Waals surface area contributed by atoms with Gasteiger partial charge < -0.3 is 9.47 Å². The van der Waals surface area contributed by atoms with E-state index < -0.39 is 24.7 Å². The number of aryl methyl sites for hydroxylation is 1. The number of hydrogen-bond acceptors (Lipinski definition) is 6. The van der Waals surface area contributed by atoms with E-state index in [1.165, 1.54) is 7.11 Å². The summed E-state index contributed by atoms with van der Waals surface area (Å²) in [5.41, 5.74) is 0.0182. The number of carbonyl (C=O) groups is 2. The normalized spacial score (nSPS) is 11.2. The smallest absolute Gasteiger partial charge is 0.464 e. The third kappa shape index (κ3) is 4.64. The molecule has 0 aliphatic rings. The third-order valence-corrected chi connectivity index (χ3v) is 3.28. The lowest BCUT2D eigenvalue weighted by Crippen LogP contribution is -2.25. The molecule has 0 aromatic carbocycles. The molecule has 0 aliphatic heterocycles. The average molecular weight is 332 g/mol. The van der Waals surface area contributed by atoms with Gasteiger partial charge in [-0.05, 0) is 12.8 Å². The molecular weight excluding hydrogens is 323 g/mol. The Balaban J connectivity index is 2.51. The van der Waals surface area contributed by atoms with Gasteiger partial charge in [-0.15, -0.1) is 11.3 Å². The van der Waals surface area contributed by atoms with Crippen LogP contribution >= 0.6 is 22.9 Å². The van der Waals surface area contributed by atoms with Crippen LogP contribution in [-0.4, -0.2) is 36.8 Å². The van der Waals surface area contributed by atoms with Crippen molar-refractivity contribution in [1.29, 1.82) is 0 Å². The zero-order chi connectivity index (χ0) is 15.3. The van der Waals surface area contributed by atoms with Gasteiger partial charge in [-0.1, -0.05) is 11.6 Å². The second-order valence-electron chi connectivity index (χ2n) is 3.47. The molecule has 0 saturated carbocycles. The van der Waals surface area contributed by atoms with Crippen molar-refractivity contribution < 1.29 is 32.2 Å². The minimum Gasteiger partial charge on any atom is -0.464 e. The number of alkyl halides is 3. The van der Waals surface area contributed by atoms with Crippen LogP contribution in [0.15, 0.2) is 0 Å². The molecule has 0 saturated heterocycles. The van der Waals surface area contributed by atoms with Crippen molar-refractivity contribution in [2.45, 2.75) is 19.0 Å². The molecule has 5 nitrogen and oxygen atoms in total. The topological polar surface area (TPSA) is 65.5 Å². The Kier molecular flexibility index (Phi) is 5.75.